The first-order valence-electron chi connectivity index (χ1n) is 11.9. The van der Waals surface area contributed by atoms with Crippen molar-refractivity contribution in [3.63, 3.8) is 0 Å². The minimum absolute atomic E-state index is 0.174. The predicted octanol–water partition coefficient (Wildman–Crippen LogP) is 5.18. The molecule has 2 heterocycles. The highest BCUT2D eigenvalue weighted by atomic mass is 16.5. The summed E-state index contributed by atoms with van der Waals surface area (Å²) in [4.78, 5) is 15.4. The van der Waals surface area contributed by atoms with Gasteiger partial charge in [-0.3, -0.25) is 9.69 Å². The highest BCUT2D eigenvalue weighted by Crippen LogP contribution is 2.28. The molecule has 1 amide bonds. The van der Waals surface area contributed by atoms with E-state index in [0.717, 1.165) is 31.5 Å². The first kappa shape index (κ1) is 21.0. The van der Waals surface area contributed by atoms with Crippen LogP contribution in [0.25, 0.3) is 11.3 Å². The molecule has 1 fully saturated rings. The fraction of sp³-hybridized carbons (Fsp3) is 0.407. The summed E-state index contributed by atoms with van der Waals surface area (Å²) in [6.45, 7) is 2.70. The highest BCUT2D eigenvalue weighted by Gasteiger charge is 2.24. The van der Waals surface area contributed by atoms with E-state index in [1.54, 1.807) is 6.07 Å². The van der Waals surface area contributed by atoms with Gasteiger partial charge >= 0.3 is 0 Å². The Morgan fingerprint density at radius 2 is 1.72 bits per heavy atom. The number of aromatic nitrogens is 1. The van der Waals surface area contributed by atoms with Crippen LogP contribution in [0.1, 0.15) is 65.3 Å². The summed E-state index contributed by atoms with van der Waals surface area (Å²) in [6, 6.07) is 18.9. The van der Waals surface area contributed by atoms with E-state index in [1.165, 1.54) is 48.8 Å². The monoisotopic (exact) mass is 429 g/mol. The molecule has 0 bridgehead atoms. The Morgan fingerprint density at radius 1 is 0.938 bits per heavy atom. The molecule has 0 saturated carbocycles. The summed E-state index contributed by atoms with van der Waals surface area (Å²) in [7, 11) is 0. The molecule has 2 aliphatic rings. The average molecular weight is 430 g/mol. The average Bonchev–Trinajstić information content (AvgIpc) is 3.36. The topological polar surface area (TPSA) is 58.4 Å². The van der Waals surface area contributed by atoms with E-state index in [4.69, 9.17) is 4.52 Å². The molecule has 5 nitrogen and oxygen atoms in total. The van der Waals surface area contributed by atoms with Gasteiger partial charge < -0.3 is 9.84 Å². The van der Waals surface area contributed by atoms with Gasteiger partial charge in [-0.05, 0) is 74.4 Å². The quantitative estimate of drug-likeness (QED) is 0.587. The zero-order valence-electron chi connectivity index (χ0n) is 18.6. The second-order valence-electron chi connectivity index (χ2n) is 9.00. The Morgan fingerprint density at radius 3 is 2.53 bits per heavy atom. The van der Waals surface area contributed by atoms with Crippen LogP contribution in [0.5, 0.6) is 0 Å². The number of rotatable bonds is 6. The molecule has 0 spiro atoms. The Hall–Kier alpha value is -2.92. The van der Waals surface area contributed by atoms with Crippen molar-refractivity contribution in [1.82, 2.24) is 15.4 Å². The van der Waals surface area contributed by atoms with Crippen molar-refractivity contribution in [3.8, 4) is 11.3 Å². The van der Waals surface area contributed by atoms with Gasteiger partial charge in [0.1, 0.15) is 0 Å². The Labute approximate surface area is 189 Å². The van der Waals surface area contributed by atoms with Gasteiger partial charge in [0.2, 0.25) is 0 Å². The highest BCUT2D eigenvalue weighted by molar-refractivity contribution is 5.93. The molecular weight excluding hydrogens is 398 g/mol. The van der Waals surface area contributed by atoms with Crippen molar-refractivity contribution in [2.45, 2.75) is 51.0 Å². The fourth-order valence-electron chi connectivity index (χ4n) is 5.05. The number of nitrogens with zero attached hydrogens (tertiary/aromatic N) is 2. The summed E-state index contributed by atoms with van der Waals surface area (Å²) < 4.78 is 5.55. The maximum Gasteiger partial charge on any atom is 0.273 e. The molecule has 3 aromatic rings. The van der Waals surface area contributed by atoms with E-state index in [9.17, 15) is 4.79 Å². The molecule has 1 atom stereocenters. The molecule has 1 aliphatic heterocycles. The lowest BCUT2D eigenvalue weighted by atomic mass is 9.90. The lowest BCUT2D eigenvalue weighted by Gasteiger charge is -2.35. The third kappa shape index (κ3) is 4.63. The maximum atomic E-state index is 12.9. The van der Waals surface area contributed by atoms with Gasteiger partial charge in [0, 0.05) is 18.2 Å². The molecule has 1 aliphatic carbocycles. The molecule has 32 heavy (non-hydrogen) atoms. The van der Waals surface area contributed by atoms with Crippen LogP contribution in [-0.2, 0) is 12.8 Å². The number of hydrogen-bond acceptors (Lipinski definition) is 4. The van der Waals surface area contributed by atoms with E-state index in [0.29, 0.717) is 18.0 Å². The number of hydrogen-bond donors (Lipinski definition) is 1. The van der Waals surface area contributed by atoms with Crippen molar-refractivity contribution >= 4 is 5.91 Å². The van der Waals surface area contributed by atoms with Crippen LogP contribution in [0.15, 0.2) is 59.1 Å². The lowest BCUT2D eigenvalue weighted by molar-refractivity contribution is 0.0915. The Balaban J connectivity index is 1.28. The second-order valence-corrected chi connectivity index (χ2v) is 9.00. The molecule has 1 saturated heterocycles. The third-order valence-electron chi connectivity index (χ3n) is 6.85. The third-order valence-corrected chi connectivity index (χ3v) is 6.85. The normalized spacial score (nSPS) is 17.5. The van der Waals surface area contributed by atoms with Gasteiger partial charge in [-0.1, -0.05) is 54.0 Å². The summed E-state index contributed by atoms with van der Waals surface area (Å²) in [5.74, 6) is 0.468. The minimum Gasteiger partial charge on any atom is -0.355 e. The largest absolute Gasteiger partial charge is 0.355 e. The van der Waals surface area contributed by atoms with Gasteiger partial charge in [-0.15, -0.1) is 0 Å². The molecule has 2 aromatic carbocycles. The smallest absolute Gasteiger partial charge is 0.273 e. The van der Waals surface area contributed by atoms with Crippen molar-refractivity contribution in [1.29, 1.82) is 0 Å². The standard InChI is InChI=1S/C27H31N3O2/c31-27(28-19-25(21-10-3-1-4-11-21)30-15-7-2-8-16-30)24-18-26(32-29-24)23-14-13-20-9-5-6-12-22(20)17-23/h1,3-4,10-11,13-14,17-18,25H,2,5-9,12,15-16,19H2,(H,28,31). The number of carbonyl (C=O) groups is 1. The number of likely N-dealkylation sites (tertiary alicyclic amines) is 1. The molecule has 1 unspecified atom stereocenters. The number of nitrogens with one attached hydrogen (secondary N) is 1. The van der Waals surface area contributed by atoms with Crippen LogP contribution in [0.4, 0.5) is 0 Å². The number of amides is 1. The van der Waals surface area contributed by atoms with E-state index < -0.39 is 0 Å². The molecule has 166 valence electrons. The Bertz CT molecular complexity index is 1050. The molecule has 1 N–H and O–H groups in total. The predicted molar refractivity (Wildman–Crippen MR) is 126 cm³/mol. The van der Waals surface area contributed by atoms with Crippen LogP contribution in [-0.4, -0.2) is 35.6 Å². The van der Waals surface area contributed by atoms with Crippen LogP contribution >= 0.6 is 0 Å². The van der Waals surface area contributed by atoms with E-state index in [1.807, 2.05) is 6.07 Å². The fourth-order valence-corrected chi connectivity index (χ4v) is 5.05. The number of aryl methyl sites for hydroxylation is 2. The Kier molecular flexibility index (Phi) is 6.35. The van der Waals surface area contributed by atoms with Gasteiger partial charge in [0.25, 0.3) is 5.91 Å². The van der Waals surface area contributed by atoms with Crippen molar-refractivity contribution in [2.24, 2.45) is 0 Å². The first-order valence-corrected chi connectivity index (χ1v) is 11.9. The number of piperidine rings is 1. The molecule has 1 aromatic heterocycles. The van der Waals surface area contributed by atoms with Crippen LogP contribution < -0.4 is 5.32 Å². The summed E-state index contributed by atoms with van der Waals surface area (Å²) in [6.07, 6.45) is 8.48. The SMILES string of the molecule is O=C(NCC(c1ccccc1)N1CCCCC1)c1cc(-c2ccc3c(c2)CCCC3)on1. The first-order chi connectivity index (χ1) is 15.8. The van der Waals surface area contributed by atoms with Crippen molar-refractivity contribution in [3.05, 3.63) is 77.0 Å². The molecule has 0 radical (unpaired) electrons. The zero-order valence-corrected chi connectivity index (χ0v) is 18.6. The van der Waals surface area contributed by atoms with Gasteiger partial charge in [0.15, 0.2) is 11.5 Å². The summed E-state index contributed by atoms with van der Waals surface area (Å²) in [5.41, 5.74) is 5.39. The number of fused-ring (bicyclic) bond motifs is 1. The van der Waals surface area contributed by atoms with Gasteiger partial charge in [-0.25, -0.2) is 0 Å². The van der Waals surface area contributed by atoms with Crippen LogP contribution in [0, 0.1) is 0 Å². The van der Waals surface area contributed by atoms with Gasteiger partial charge in [-0.2, -0.15) is 0 Å². The molecular formula is C27H31N3O2. The van der Waals surface area contributed by atoms with Crippen molar-refractivity contribution < 1.29 is 9.32 Å². The minimum atomic E-state index is -0.184. The number of benzene rings is 2. The lowest BCUT2D eigenvalue weighted by Crippen LogP contribution is -2.40. The molecule has 5 heteroatoms. The summed E-state index contributed by atoms with van der Waals surface area (Å²) >= 11 is 0. The van der Waals surface area contributed by atoms with E-state index >= 15 is 0 Å². The van der Waals surface area contributed by atoms with Crippen molar-refractivity contribution in [2.75, 3.05) is 19.6 Å². The van der Waals surface area contributed by atoms with Gasteiger partial charge in [0.05, 0.1) is 6.04 Å². The van der Waals surface area contributed by atoms with E-state index in [2.05, 4.69) is 57.8 Å². The zero-order chi connectivity index (χ0) is 21.8. The molecule has 5 rings (SSSR count). The second kappa shape index (κ2) is 9.70. The van der Waals surface area contributed by atoms with E-state index in [-0.39, 0.29) is 11.9 Å². The number of carbonyl (C=O) groups excluding carboxylic acids is 1. The van der Waals surface area contributed by atoms with Crippen LogP contribution in [0.3, 0.4) is 0 Å². The maximum absolute atomic E-state index is 12.9. The van der Waals surface area contributed by atoms with Crippen LogP contribution in [0.2, 0.25) is 0 Å². The summed E-state index contributed by atoms with van der Waals surface area (Å²) in [5, 5.41) is 7.17.